The van der Waals surface area contributed by atoms with Crippen molar-refractivity contribution in [3.63, 3.8) is 0 Å². The van der Waals surface area contributed by atoms with Crippen molar-refractivity contribution in [3.05, 3.63) is 47.8 Å². The lowest BCUT2D eigenvalue weighted by atomic mass is 10.1. The molecule has 1 aliphatic heterocycles. The molecule has 0 radical (unpaired) electrons. The van der Waals surface area contributed by atoms with Gasteiger partial charge >= 0.3 is 0 Å². The maximum atomic E-state index is 13.6. The van der Waals surface area contributed by atoms with Crippen LogP contribution in [0.5, 0.6) is 17.2 Å². The maximum absolute atomic E-state index is 13.6. The molecule has 0 bridgehead atoms. The number of nitrogens with one attached hydrogen (secondary N) is 1. The standard InChI is InChI=1S/C17H16FNO4/c1-21-14-4-2-11(8-13(14)18)9-17(20)19-12-3-5-15-16(10-12)23-7-6-22-15/h2-5,8,10H,6-7,9H2,1H3,(H,19,20). The molecule has 23 heavy (non-hydrogen) atoms. The summed E-state index contributed by atoms with van der Waals surface area (Å²) in [5, 5.41) is 2.76. The average Bonchev–Trinajstić information content (AvgIpc) is 2.55. The number of benzene rings is 2. The molecule has 5 nitrogen and oxygen atoms in total. The Morgan fingerprint density at radius 3 is 2.70 bits per heavy atom. The predicted octanol–water partition coefficient (Wildman–Crippen LogP) is 2.79. The normalized spacial score (nSPS) is 12.6. The van der Waals surface area contributed by atoms with Gasteiger partial charge in [-0.25, -0.2) is 4.39 Å². The highest BCUT2D eigenvalue weighted by Gasteiger charge is 2.13. The van der Waals surface area contributed by atoms with Gasteiger partial charge in [0.2, 0.25) is 5.91 Å². The number of carbonyl (C=O) groups excluding carboxylic acids is 1. The van der Waals surface area contributed by atoms with Crippen LogP contribution in [0.1, 0.15) is 5.56 Å². The van der Waals surface area contributed by atoms with Crippen molar-refractivity contribution in [1.29, 1.82) is 0 Å². The van der Waals surface area contributed by atoms with E-state index in [2.05, 4.69) is 5.32 Å². The van der Waals surface area contributed by atoms with Crippen molar-refractivity contribution >= 4 is 11.6 Å². The fourth-order valence-corrected chi connectivity index (χ4v) is 2.33. The van der Waals surface area contributed by atoms with E-state index in [9.17, 15) is 9.18 Å². The van der Waals surface area contributed by atoms with Crippen LogP contribution in [0.25, 0.3) is 0 Å². The number of hydrogen-bond acceptors (Lipinski definition) is 4. The Labute approximate surface area is 133 Å². The van der Waals surface area contributed by atoms with Crippen molar-refractivity contribution in [1.82, 2.24) is 0 Å². The fraction of sp³-hybridized carbons (Fsp3) is 0.235. The molecule has 2 aromatic carbocycles. The van der Waals surface area contributed by atoms with Gasteiger partial charge in [-0.2, -0.15) is 0 Å². The Kier molecular flexibility index (Phi) is 4.32. The topological polar surface area (TPSA) is 56.8 Å². The second-order valence-electron chi connectivity index (χ2n) is 5.05. The van der Waals surface area contributed by atoms with E-state index >= 15 is 0 Å². The lowest BCUT2D eigenvalue weighted by molar-refractivity contribution is -0.115. The van der Waals surface area contributed by atoms with E-state index in [-0.39, 0.29) is 18.1 Å². The molecule has 0 atom stereocenters. The van der Waals surface area contributed by atoms with Crippen LogP contribution < -0.4 is 19.5 Å². The molecule has 0 unspecified atom stereocenters. The van der Waals surface area contributed by atoms with E-state index in [1.165, 1.54) is 19.2 Å². The summed E-state index contributed by atoms with van der Waals surface area (Å²) >= 11 is 0. The molecule has 0 aromatic heterocycles. The van der Waals surface area contributed by atoms with Crippen LogP contribution in [0.2, 0.25) is 0 Å². The van der Waals surface area contributed by atoms with Crippen molar-refractivity contribution < 1.29 is 23.4 Å². The van der Waals surface area contributed by atoms with Crippen molar-refractivity contribution in [3.8, 4) is 17.2 Å². The van der Waals surface area contributed by atoms with E-state index < -0.39 is 5.82 Å². The molecule has 1 heterocycles. The van der Waals surface area contributed by atoms with Crippen molar-refractivity contribution in [2.75, 3.05) is 25.6 Å². The second kappa shape index (κ2) is 6.56. The summed E-state index contributed by atoms with van der Waals surface area (Å²) in [6, 6.07) is 9.65. The summed E-state index contributed by atoms with van der Waals surface area (Å²) in [5.74, 6) is 0.681. The zero-order valence-corrected chi connectivity index (χ0v) is 12.6. The van der Waals surface area contributed by atoms with Crippen LogP contribution >= 0.6 is 0 Å². The molecule has 3 rings (SSSR count). The highest BCUT2D eigenvalue weighted by Crippen LogP contribution is 2.32. The molecule has 0 saturated carbocycles. The summed E-state index contributed by atoms with van der Waals surface area (Å²) in [6.45, 7) is 0.997. The number of amides is 1. The average molecular weight is 317 g/mol. The van der Waals surface area contributed by atoms with Gasteiger partial charge in [0.25, 0.3) is 0 Å². The largest absolute Gasteiger partial charge is 0.494 e. The first-order valence-electron chi connectivity index (χ1n) is 7.17. The smallest absolute Gasteiger partial charge is 0.228 e. The maximum Gasteiger partial charge on any atom is 0.228 e. The third kappa shape index (κ3) is 3.53. The summed E-state index contributed by atoms with van der Waals surface area (Å²) < 4.78 is 29.4. The predicted molar refractivity (Wildman–Crippen MR) is 82.7 cm³/mol. The number of fused-ring (bicyclic) bond motifs is 1. The SMILES string of the molecule is COc1ccc(CC(=O)Nc2ccc3c(c2)OCCO3)cc1F. The summed E-state index contributed by atoms with van der Waals surface area (Å²) in [5.41, 5.74) is 1.17. The Balaban J connectivity index is 1.66. The Morgan fingerprint density at radius 1 is 1.17 bits per heavy atom. The zero-order valence-electron chi connectivity index (χ0n) is 12.6. The third-order valence-electron chi connectivity index (χ3n) is 3.41. The van der Waals surface area contributed by atoms with Crippen LogP contribution in [0.4, 0.5) is 10.1 Å². The van der Waals surface area contributed by atoms with Gasteiger partial charge in [-0.05, 0) is 29.8 Å². The Hall–Kier alpha value is -2.76. The Bertz CT molecular complexity index is 733. The number of methoxy groups -OCH3 is 1. The van der Waals surface area contributed by atoms with Crippen molar-refractivity contribution in [2.45, 2.75) is 6.42 Å². The number of carbonyl (C=O) groups is 1. The molecule has 0 fully saturated rings. The molecule has 1 amide bonds. The van der Waals surface area contributed by atoms with Gasteiger partial charge in [-0.1, -0.05) is 6.07 Å². The first-order chi connectivity index (χ1) is 11.2. The first kappa shape index (κ1) is 15.1. The van der Waals surface area contributed by atoms with Crippen LogP contribution in [0, 0.1) is 5.82 Å². The molecule has 2 aromatic rings. The quantitative estimate of drug-likeness (QED) is 0.942. The van der Waals surface area contributed by atoms with Gasteiger partial charge in [0, 0.05) is 11.8 Å². The van der Waals surface area contributed by atoms with Crippen LogP contribution in [-0.2, 0) is 11.2 Å². The van der Waals surface area contributed by atoms with Crippen LogP contribution in [-0.4, -0.2) is 26.2 Å². The van der Waals surface area contributed by atoms with Gasteiger partial charge in [0.15, 0.2) is 23.1 Å². The number of ether oxygens (including phenoxy) is 3. The Morgan fingerprint density at radius 2 is 1.96 bits per heavy atom. The minimum atomic E-state index is -0.489. The number of rotatable bonds is 4. The molecular formula is C17H16FNO4. The molecule has 0 aliphatic carbocycles. The number of halogens is 1. The third-order valence-corrected chi connectivity index (χ3v) is 3.41. The van der Waals surface area contributed by atoms with Gasteiger partial charge in [0.1, 0.15) is 13.2 Å². The lowest BCUT2D eigenvalue weighted by Gasteiger charge is -2.19. The number of hydrogen-bond donors (Lipinski definition) is 1. The van der Waals surface area contributed by atoms with Gasteiger partial charge in [0.05, 0.1) is 13.5 Å². The fourth-order valence-electron chi connectivity index (χ4n) is 2.33. The van der Waals surface area contributed by atoms with E-state index in [1.54, 1.807) is 24.3 Å². The van der Waals surface area contributed by atoms with Gasteiger partial charge in [-0.3, -0.25) is 4.79 Å². The van der Waals surface area contributed by atoms with E-state index in [4.69, 9.17) is 14.2 Å². The van der Waals surface area contributed by atoms with E-state index in [0.717, 1.165) is 0 Å². The van der Waals surface area contributed by atoms with Gasteiger partial charge < -0.3 is 19.5 Å². The highest BCUT2D eigenvalue weighted by atomic mass is 19.1. The molecule has 0 spiro atoms. The van der Waals surface area contributed by atoms with Gasteiger partial charge in [-0.15, -0.1) is 0 Å². The molecule has 1 N–H and O–H groups in total. The molecule has 0 saturated heterocycles. The van der Waals surface area contributed by atoms with Crippen LogP contribution in [0.15, 0.2) is 36.4 Å². The molecular weight excluding hydrogens is 301 g/mol. The minimum absolute atomic E-state index is 0.0648. The zero-order chi connectivity index (χ0) is 16.2. The molecule has 1 aliphatic rings. The minimum Gasteiger partial charge on any atom is -0.494 e. The monoisotopic (exact) mass is 317 g/mol. The first-order valence-corrected chi connectivity index (χ1v) is 7.17. The molecule has 6 heteroatoms. The summed E-state index contributed by atoms with van der Waals surface area (Å²) in [4.78, 5) is 12.1. The highest BCUT2D eigenvalue weighted by molar-refractivity contribution is 5.92. The lowest BCUT2D eigenvalue weighted by Crippen LogP contribution is -2.17. The van der Waals surface area contributed by atoms with Crippen molar-refractivity contribution in [2.24, 2.45) is 0 Å². The molecule has 120 valence electrons. The second-order valence-corrected chi connectivity index (χ2v) is 5.05. The van der Waals surface area contributed by atoms with E-state index in [0.29, 0.717) is 36.0 Å². The van der Waals surface area contributed by atoms with E-state index in [1.807, 2.05) is 0 Å². The summed E-state index contributed by atoms with van der Waals surface area (Å²) in [6.07, 6.45) is 0.0648. The van der Waals surface area contributed by atoms with Crippen LogP contribution in [0.3, 0.4) is 0 Å². The number of anilines is 1. The summed E-state index contributed by atoms with van der Waals surface area (Å²) in [7, 11) is 1.40.